The molecule has 0 amide bonds. The van der Waals surface area contributed by atoms with Crippen molar-refractivity contribution in [2.24, 2.45) is 0 Å². The molecule has 0 saturated heterocycles. The number of nitrogens with zero attached hydrogens (tertiary/aromatic N) is 2. The minimum absolute atomic E-state index is 0.00500. The van der Waals surface area contributed by atoms with Gasteiger partial charge in [0.25, 0.3) is 0 Å². The molecular formula is C53H35N3S. The summed E-state index contributed by atoms with van der Waals surface area (Å²) in [5.41, 5.74) is 13.2. The fraction of sp³-hybridized carbons (Fsp3) is 0.0189. The minimum Gasteiger partial charge on any atom is -0.374 e. The van der Waals surface area contributed by atoms with Crippen LogP contribution in [0.2, 0.25) is 0 Å². The molecule has 4 heterocycles. The lowest BCUT2D eigenvalue weighted by molar-refractivity contribution is 0.762. The number of benzene rings is 8. The van der Waals surface area contributed by atoms with Gasteiger partial charge in [0.15, 0.2) is 0 Å². The zero-order valence-electron chi connectivity index (χ0n) is 30.9. The number of para-hydroxylation sites is 3. The van der Waals surface area contributed by atoms with Crippen LogP contribution in [0.5, 0.6) is 0 Å². The Morgan fingerprint density at radius 3 is 1.81 bits per heavy atom. The molecule has 0 aliphatic carbocycles. The second-order valence-electron chi connectivity index (χ2n) is 15.0. The van der Waals surface area contributed by atoms with Crippen molar-refractivity contribution in [3.63, 3.8) is 0 Å². The number of allylic oxidation sites excluding steroid dienone is 2. The molecular weight excluding hydrogens is 711 g/mol. The molecule has 1 atom stereocenters. The predicted octanol–water partition coefficient (Wildman–Crippen LogP) is 14.2. The van der Waals surface area contributed by atoms with Crippen molar-refractivity contribution in [2.75, 3.05) is 0 Å². The van der Waals surface area contributed by atoms with Gasteiger partial charge in [-0.2, -0.15) is 0 Å². The first-order valence-electron chi connectivity index (χ1n) is 19.6. The maximum atomic E-state index is 3.87. The molecule has 4 heteroatoms. The quantitative estimate of drug-likeness (QED) is 0.186. The van der Waals surface area contributed by atoms with Crippen molar-refractivity contribution >= 4 is 86.5 Å². The Hall–Kier alpha value is -7.14. The third-order valence-corrected chi connectivity index (χ3v) is 12.9. The van der Waals surface area contributed by atoms with Gasteiger partial charge in [-0.3, -0.25) is 0 Å². The minimum atomic E-state index is 0.00500. The summed E-state index contributed by atoms with van der Waals surface area (Å²) in [7, 11) is 0. The van der Waals surface area contributed by atoms with Crippen LogP contribution in [-0.2, 0) is 0 Å². The zero-order chi connectivity index (χ0) is 37.5. The molecule has 0 fully saturated rings. The SMILES string of the molecule is C1=C(c2ccccc2)NC(c2ccccc2)C=C1n1c2ccccc2c2ccc3sc4ccc(-c5ccc6c(c5)c5ccccc5n6-c5ccccc5)cc4c3c21. The summed E-state index contributed by atoms with van der Waals surface area (Å²) >= 11 is 1.88. The van der Waals surface area contributed by atoms with Crippen LogP contribution < -0.4 is 5.32 Å². The van der Waals surface area contributed by atoms with Gasteiger partial charge in [-0.05, 0) is 89.0 Å². The van der Waals surface area contributed by atoms with Gasteiger partial charge in [0, 0.05) is 58.8 Å². The fourth-order valence-electron chi connectivity index (χ4n) is 9.15. The van der Waals surface area contributed by atoms with Crippen molar-refractivity contribution < 1.29 is 0 Å². The van der Waals surface area contributed by atoms with Gasteiger partial charge in [0.05, 0.1) is 28.1 Å². The van der Waals surface area contributed by atoms with Crippen LogP contribution in [0.4, 0.5) is 0 Å². The van der Waals surface area contributed by atoms with Crippen molar-refractivity contribution in [3.8, 4) is 16.8 Å². The Morgan fingerprint density at radius 2 is 1.04 bits per heavy atom. The predicted molar refractivity (Wildman–Crippen MR) is 243 cm³/mol. The molecule has 12 rings (SSSR count). The maximum absolute atomic E-state index is 3.87. The Balaban J connectivity index is 1.10. The Morgan fingerprint density at radius 1 is 0.439 bits per heavy atom. The highest BCUT2D eigenvalue weighted by atomic mass is 32.1. The van der Waals surface area contributed by atoms with Crippen LogP contribution in [0, 0.1) is 0 Å². The summed E-state index contributed by atoms with van der Waals surface area (Å²) in [6.07, 6.45) is 4.73. The number of rotatable bonds is 5. The molecule has 1 unspecified atom stereocenters. The summed E-state index contributed by atoms with van der Waals surface area (Å²) < 4.78 is 7.49. The number of fused-ring (bicyclic) bond motifs is 10. The van der Waals surface area contributed by atoms with Gasteiger partial charge in [0.2, 0.25) is 0 Å². The van der Waals surface area contributed by atoms with E-state index < -0.39 is 0 Å². The van der Waals surface area contributed by atoms with Gasteiger partial charge >= 0.3 is 0 Å². The molecule has 268 valence electrons. The van der Waals surface area contributed by atoms with Crippen molar-refractivity contribution in [2.45, 2.75) is 6.04 Å². The van der Waals surface area contributed by atoms with Gasteiger partial charge in [-0.15, -0.1) is 11.3 Å². The highest BCUT2D eigenvalue weighted by Crippen LogP contribution is 2.45. The zero-order valence-corrected chi connectivity index (χ0v) is 31.7. The third kappa shape index (κ3) is 5.04. The van der Waals surface area contributed by atoms with E-state index in [2.05, 4.69) is 215 Å². The first kappa shape index (κ1) is 32.1. The molecule has 3 aromatic heterocycles. The summed E-state index contributed by atoms with van der Waals surface area (Å²) in [5.74, 6) is 0. The van der Waals surface area contributed by atoms with E-state index in [0.717, 1.165) is 11.4 Å². The Bertz CT molecular complexity index is 3420. The largest absolute Gasteiger partial charge is 0.374 e. The van der Waals surface area contributed by atoms with Crippen LogP contribution in [0.15, 0.2) is 200 Å². The topological polar surface area (TPSA) is 21.9 Å². The smallest absolute Gasteiger partial charge is 0.0721 e. The Labute approximate surface area is 333 Å². The number of hydrogen-bond donors (Lipinski definition) is 1. The van der Waals surface area contributed by atoms with Crippen LogP contribution >= 0.6 is 11.3 Å². The second kappa shape index (κ2) is 12.7. The second-order valence-corrected chi connectivity index (χ2v) is 16.1. The normalized spacial score (nSPS) is 14.5. The van der Waals surface area contributed by atoms with Crippen LogP contribution in [-0.4, -0.2) is 9.13 Å². The number of aromatic nitrogens is 2. The van der Waals surface area contributed by atoms with E-state index in [1.54, 1.807) is 0 Å². The lowest BCUT2D eigenvalue weighted by atomic mass is 9.99. The van der Waals surface area contributed by atoms with E-state index in [1.807, 2.05) is 11.3 Å². The molecule has 0 saturated carbocycles. The maximum Gasteiger partial charge on any atom is 0.0721 e. The monoisotopic (exact) mass is 745 g/mol. The van der Waals surface area contributed by atoms with Gasteiger partial charge in [-0.25, -0.2) is 0 Å². The molecule has 1 aliphatic rings. The first-order chi connectivity index (χ1) is 28.3. The average molecular weight is 746 g/mol. The van der Waals surface area contributed by atoms with Crippen LogP contribution in [0.3, 0.4) is 0 Å². The number of dihydropyridines is 1. The molecule has 0 radical (unpaired) electrons. The first-order valence-corrected chi connectivity index (χ1v) is 20.4. The molecule has 3 nitrogen and oxygen atoms in total. The third-order valence-electron chi connectivity index (χ3n) is 11.7. The van der Waals surface area contributed by atoms with Crippen LogP contribution in [0.1, 0.15) is 17.2 Å². The van der Waals surface area contributed by atoms with Crippen molar-refractivity contribution in [1.29, 1.82) is 0 Å². The van der Waals surface area contributed by atoms with E-state index in [9.17, 15) is 0 Å². The molecule has 11 aromatic rings. The molecule has 8 aromatic carbocycles. The Kier molecular flexibility index (Phi) is 7.16. The number of thiophene rings is 1. The van der Waals surface area contributed by atoms with Crippen molar-refractivity contribution in [3.05, 3.63) is 211 Å². The van der Waals surface area contributed by atoms with E-state index in [1.165, 1.54) is 91.7 Å². The number of nitrogens with one attached hydrogen (secondary N) is 1. The highest BCUT2D eigenvalue weighted by molar-refractivity contribution is 7.26. The van der Waals surface area contributed by atoms with Crippen LogP contribution in [0.25, 0.3) is 92.0 Å². The summed E-state index contributed by atoms with van der Waals surface area (Å²) in [4.78, 5) is 0. The summed E-state index contributed by atoms with van der Waals surface area (Å²) in [5, 5.41) is 11.5. The lowest BCUT2D eigenvalue weighted by Gasteiger charge is -2.26. The molecule has 57 heavy (non-hydrogen) atoms. The lowest BCUT2D eigenvalue weighted by Crippen LogP contribution is -2.22. The van der Waals surface area contributed by atoms with E-state index in [-0.39, 0.29) is 6.04 Å². The standard InChI is InChI=1S/C53H35N3S/c1-4-14-34(15-5-1)45-32-39(33-46(54-45)35-16-6-2-7-17-35)56-48-23-13-10-20-40(48)42-26-29-51-52(53(42)56)44-31-37(25-28-50(44)57-51)36-24-27-49-43(30-36)41-21-11-12-22-47(41)55(49)38-18-8-3-9-19-38/h1-33,45,54H. The summed E-state index contributed by atoms with van der Waals surface area (Å²) in [6, 6.07) is 68.5. The highest BCUT2D eigenvalue weighted by Gasteiger charge is 2.24. The molecule has 1 N–H and O–H groups in total. The van der Waals surface area contributed by atoms with Gasteiger partial charge in [-0.1, -0.05) is 133 Å². The fourth-order valence-corrected chi connectivity index (χ4v) is 10.2. The van der Waals surface area contributed by atoms with Crippen molar-refractivity contribution in [1.82, 2.24) is 14.5 Å². The number of hydrogen-bond acceptors (Lipinski definition) is 2. The van der Waals surface area contributed by atoms with E-state index in [0.29, 0.717) is 0 Å². The molecule has 0 bridgehead atoms. The van der Waals surface area contributed by atoms with E-state index in [4.69, 9.17) is 0 Å². The van der Waals surface area contributed by atoms with E-state index >= 15 is 0 Å². The van der Waals surface area contributed by atoms with Gasteiger partial charge < -0.3 is 14.5 Å². The molecule has 0 spiro atoms. The summed E-state index contributed by atoms with van der Waals surface area (Å²) in [6.45, 7) is 0. The average Bonchev–Trinajstić information content (AvgIpc) is 3.94. The molecule has 1 aliphatic heterocycles. The van der Waals surface area contributed by atoms with Gasteiger partial charge in [0.1, 0.15) is 0 Å².